The molecule has 0 aromatic heterocycles. The van der Waals surface area contributed by atoms with E-state index in [1.807, 2.05) is 0 Å². The van der Waals surface area contributed by atoms with E-state index in [9.17, 15) is 61.6 Å². The van der Waals surface area contributed by atoms with Crippen LogP contribution in [0.15, 0.2) is 0 Å². The van der Waals surface area contributed by atoms with E-state index in [-0.39, 0.29) is 0 Å². The molecule has 0 heterocycles. The Morgan fingerprint density at radius 2 is 0.964 bits per heavy atom. The molecule has 0 amide bonds. The lowest BCUT2D eigenvalue weighted by Gasteiger charge is -2.39. The third-order valence-electron chi connectivity index (χ3n) is 3.44. The van der Waals surface area contributed by atoms with E-state index in [0.29, 0.717) is 0 Å². The van der Waals surface area contributed by atoms with Gasteiger partial charge < -0.3 is 9.79 Å². The standard InChI is InChI=1S/C11H12F13O3P/c12-6(13,4-2-1-3-5-28(25,26)27)7(14,15)8(16,17)9(18,19)10(20,21)11(22,23)24/h1-5H2,(H2,25,26,27). The molecule has 0 saturated carbocycles. The minimum Gasteiger partial charge on any atom is -0.324 e. The second-order valence-electron chi connectivity index (χ2n) is 5.70. The van der Waals surface area contributed by atoms with Gasteiger partial charge in [-0.15, -0.1) is 0 Å². The molecule has 0 aromatic rings. The maximum absolute atomic E-state index is 13.3. The van der Waals surface area contributed by atoms with Crippen molar-refractivity contribution in [2.45, 2.75) is 61.5 Å². The first-order chi connectivity index (χ1) is 12.0. The molecule has 0 rings (SSSR count). The summed E-state index contributed by atoms with van der Waals surface area (Å²) in [5, 5.41) is 0. The molecule has 0 saturated heterocycles. The van der Waals surface area contributed by atoms with Crippen molar-refractivity contribution in [3.63, 3.8) is 0 Å². The zero-order valence-electron chi connectivity index (χ0n) is 13.2. The van der Waals surface area contributed by atoms with Crippen LogP contribution in [0.5, 0.6) is 0 Å². The van der Waals surface area contributed by atoms with Gasteiger partial charge in [0, 0.05) is 12.6 Å². The molecule has 0 atom stereocenters. The molecule has 0 radical (unpaired) electrons. The summed E-state index contributed by atoms with van der Waals surface area (Å²) < 4.78 is 177. The van der Waals surface area contributed by atoms with Gasteiger partial charge in [-0.05, 0) is 12.8 Å². The van der Waals surface area contributed by atoms with Gasteiger partial charge in [-0.2, -0.15) is 57.1 Å². The summed E-state index contributed by atoms with van der Waals surface area (Å²) in [4.78, 5) is 16.9. The molecule has 0 unspecified atom stereocenters. The Balaban J connectivity index is 5.54. The summed E-state index contributed by atoms with van der Waals surface area (Å²) in [7, 11) is -4.61. The van der Waals surface area contributed by atoms with Gasteiger partial charge in [0.05, 0.1) is 0 Å². The van der Waals surface area contributed by atoms with Crippen molar-refractivity contribution in [3.8, 4) is 0 Å². The summed E-state index contributed by atoms with van der Waals surface area (Å²) >= 11 is 0. The Morgan fingerprint density at radius 1 is 0.571 bits per heavy atom. The van der Waals surface area contributed by atoms with Gasteiger partial charge in [0.2, 0.25) is 0 Å². The van der Waals surface area contributed by atoms with Crippen LogP contribution in [0.4, 0.5) is 57.1 Å². The maximum Gasteiger partial charge on any atom is 0.460 e. The largest absolute Gasteiger partial charge is 0.460 e. The van der Waals surface area contributed by atoms with Crippen molar-refractivity contribution in [2.75, 3.05) is 6.16 Å². The number of halogens is 13. The van der Waals surface area contributed by atoms with Crippen molar-refractivity contribution in [2.24, 2.45) is 0 Å². The number of rotatable bonds is 10. The fraction of sp³-hybridized carbons (Fsp3) is 1.00. The topological polar surface area (TPSA) is 57.5 Å². The maximum atomic E-state index is 13.3. The zero-order chi connectivity index (χ0) is 23.0. The van der Waals surface area contributed by atoms with Gasteiger partial charge in [-0.3, -0.25) is 4.57 Å². The van der Waals surface area contributed by atoms with Crippen LogP contribution >= 0.6 is 7.60 Å². The van der Waals surface area contributed by atoms with Crippen molar-refractivity contribution in [1.29, 1.82) is 0 Å². The molecule has 0 aliphatic rings. The number of hydrogen-bond acceptors (Lipinski definition) is 1. The van der Waals surface area contributed by atoms with Gasteiger partial charge in [-0.1, -0.05) is 6.42 Å². The fourth-order valence-electron chi connectivity index (χ4n) is 1.80. The van der Waals surface area contributed by atoms with E-state index in [2.05, 4.69) is 0 Å². The second-order valence-corrected chi connectivity index (χ2v) is 7.48. The van der Waals surface area contributed by atoms with Crippen molar-refractivity contribution in [3.05, 3.63) is 0 Å². The lowest BCUT2D eigenvalue weighted by Crippen LogP contribution is -2.70. The summed E-state index contributed by atoms with van der Waals surface area (Å²) in [6, 6.07) is 0. The molecule has 2 N–H and O–H groups in total. The van der Waals surface area contributed by atoms with E-state index in [4.69, 9.17) is 9.79 Å². The first-order valence-corrected chi connectivity index (χ1v) is 8.76. The second kappa shape index (κ2) is 7.82. The van der Waals surface area contributed by atoms with E-state index < -0.39 is 75.2 Å². The van der Waals surface area contributed by atoms with Crippen LogP contribution in [-0.4, -0.2) is 51.7 Å². The smallest absolute Gasteiger partial charge is 0.324 e. The first kappa shape index (κ1) is 27.2. The van der Waals surface area contributed by atoms with E-state index in [1.54, 1.807) is 0 Å². The molecule has 17 heteroatoms. The Kier molecular flexibility index (Phi) is 7.61. The molecule has 0 fully saturated rings. The average Bonchev–Trinajstić information content (AvgIpc) is 2.43. The van der Waals surface area contributed by atoms with Gasteiger partial charge in [0.15, 0.2) is 0 Å². The number of hydrogen-bond donors (Lipinski definition) is 2. The van der Waals surface area contributed by atoms with E-state index in [0.717, 1.165) is 0 Å². The van der Waals surface area contributed by atoms with Crippen LogP contribution in [0, 0.1) is 0 Å². The van der Waals surface area contributed by atoms with Crippen LogP contribution in [0.25, 0.3) is 0 Å². The van der Waals surface area contributed by atoms with Crippen molar-refractivity contribution >= 4 is 7.60 Å². The van der Waals surface area contributed by atoms with Gasteiger partial charge in [0.25, 0.3) is 0 Å². The highest BCUT2D eigenvalue weighted by Gasteiger charge is 2.90. The molecule has 0 aliphatic carbocycles. The third-order valence-corrected chi connectivity index (χ3v) is 4.34. The molecule has 170 valence electrons. The predicted molar refractivity (Wildman–Crippen MR) is 66.2 cm³/mol. The monoisotopic (exact) mass is 470 g/mol. The molecular weight excluding hydrogens is 458 g/mol. The van der Waals surface area contributed by atoms with Gasteiger partial charge >= 0.3 is 43.4 Å². The highest BCUT2D eigenvalue weighted by Crippen LogP contribution is 2.60. The summed E-state index contributed by atoms with van der Waals surface area (Å²) in [5.74, 6) is -37.0. The predicted octanol–water partition coefficient (Wildman–Crippen LogP) is 5.46. The molecule has 0 aliphatic heterocycles. The van der Waals surface area contributed by atoms with Crippen LogP contribution in [0.3, 0.4) is 0 Å². The highest BCUT2D eigenvalue weighted by molar-refractivity contribution is 7.51. The summed E-state index contributed by atoms with van der Waals surface area (Å²) in [6.07, 6.45) is -13.2. The van der Waals surface area contributed by atoms with Gasteiger partial charge in [-0.25, -0.2) is 0 Å². The normalized spacial score (nSPS) is 15.8. The molecule has 0 bridgehead atoms. The van der Waals surface area contributed by atoms with Crippen molar-refractivity contribution in [1.82, 2.24) is 0 Å². The van der Waals surface area contributed by atoms with Crippen LogP contribution in [-0.2, 0) is 4.57 Å². The minimum absolute atomic E-state index is 0.579. The summed E-state index contributed by atoms with van der Waals surface area (Å²) in [6.45, 7) is 0. The SMILES string of the molecule is O=P(O)(O)CCCCCC(F)(F)C(F)(F)C(F)(F)C(F)(F)C(F)(F)C(F)(F)F. The quantitative estimate of drug-likeness (QED) is 0.253. The van der Waals surface area contributed by atoms with E-state index in [1.165, 1.54) is 0 Å². The first-order valence-electron chi connectivity index (χ1n) is 6.96. The average molecular weight is 470 g/mol. The molecular formula is C11H12F13O3P. The lowest BCUT2D eigenvalue weighted by molar-refractivity contribution is -0.440. The molecule has 28 heavy (non-hydrogen) atoms. The lowest BCUT2D eigenvalue weighted by atomic mass is 9.91. The third kappa shape index (κ3) is 5.04. The van der Waals surface area contributed by atoms with Crippen LogP contribution in [0.1, 0.15) is 25.7 Å². The Labute approximate surface area is 148 Å². The Morgan fingerprint density at radius 3 is 1.32 bits per heavy atom. The zero-order valence-corrected chi connectivity index (χ0v) is 14.1. The van der Waals surface area contributed by atoms with Gasteiger partial charge in [0.1, 0.15) is 0 Å². The Bertz CT molecular complexity index is 581. The summed E-state index contributed by atoms with van der Waals surface area (Å²) in [5.41, 5.74) is 0. The minimum atomic E-state index is -7.93. The van der Waals surface area contributed by atoms with Crippen LogP contribution < -0.4 is 0 Å². The number of unbranched alkanes of at least 4 members (excludes halogenated alkanes) is 2. The highest BCUT2D eigenvalue weighted by atomic mass is 31.2. The molecule has 3 nitrogen and oxygen atoms in total. The van der Waals surface area contributed by atoms with E-state index >= 15 is 0 Å². The Hall–Kier alpha value is -0.760. The van der Waals surface area contributed by atoms with Crippen molar-refractivity contribution < 1.29 is 71.4 Å². The fourth-order valence-corrected chi connectivity index (χ4v) is 2.44. The molecule has 0 aromatic carbocycles. The van der Waals surface area contributed by atoms with Crippen LogP contribution in [0.2, 0.25) is 0 Å². The molecule has 0 spiro atoms. The number of alkyl halides is 13.